The number of hydrogen-bond acceptors (Lipinski definition) is 5. The zero-order valence-corrected chi connectivity index (χ0v) is 20.0. The van der Waals surface area contributed by atoms with Crippen molar-refractivity contribution in [2.45, 2.75) is 44.6 Å². The van der Waals surface area contributed by atoms with Crippen molar-refractivity contribution in [3.63, 3.8) is 0 Å². The fraction of sp³-hybridized carbons (Fsp3) is 0.296. The summed E-state index contributed by atoms with van der Waals surface area (Å²) in [7, 11) is 0. The summed E-state index contributed by atoms with van der Waals surface area (Å²) in [4.78, 5) is 56.3. The van der Waals surface area contributed by atoms with Crippen LogP contribution in [0.3, 0.4) is 0 Å². The van der Waals surface area contributed by atoms with Gasteiger partial charge in [0, 0.05) is 23.9 Å². The Morgan fingerprint density at radius 1 is 1.03 bits per heavy atom. The second-order valence-corrected chi connectivity index (χ2v) is 9.37. The number of urea groups is 1. The molecule has 2 aliphatic rings. The molecule has 5 rings (SSSR count). The van der Waals surface area contributed by atoms with E-state index in [0.29, 0.717) is 35.0 Å². The number of carbonyl (C=O) groups is 4. The Kier molecular flexibility index (Phi) is 6.13. The first-order valence-electron chi connectivity index (χ1n) is 12.1. The summed E-state index contributed by atoms with van der Waals surface area (Å²) in [5.41, 5.74) is 7.71. The molecule has 3 N–H and O–H groups in total. The number of carbonyl (C=O) groups excluding carboxylic acids is 4. The number of hydrazine groups is 1. The highest BCUT2D eigenvalue weighted by molar-refractivity contribution is 6.08. The first-order chi connectivity index (χ1) is 17.4. The maximum absolute atomic E-state index is 13.1. The van der Waals surface area contributed by atoms with Crippen LogP contribution in [0.15, 0.2) is 54.6 Å². The van der Waals surface area contributed by atoms with Gasteiger partial charge in [-0.15, -0.1) is 0 Å². The Morgan fingerprint density at radius 2 is 1.75 bits per heavy atom. The normalized spacial score (nSPS) is 16.4. The van der Waals surface area contributed by atoms with Crippen molar-refractivity contribution in [1.29, 1.82) is 0 Å². The Bertz CT molecular complexity index is 1360. The van der Waals surface area contributed by atoms with Crippen molar-refractivity contribution in [2.75, 3.05) is 6.54 Å². The quantitative estimate of drug-likeness (QED) is 0.379. The third kappa shape index (κ3) is 4.39. The van der Waals surface area contributed by atoms with Gasteiger partial charge >= 0.3 is 6.03 Å². The lowest BCUT2D eigenvalue weighted by Crippen LogP contribution is -2.45. The summed E-state index contributed by atoms with van der Waals surface area (Å²) in [6.45, 7) is 1.95. The molecule has 2 aromatic carbocycles. The molecule has 3 aromatic rings. The van der Waals surface area contributed by atoms with Crippen molar-refractivity contribution in [2.24, 2.45) is 0 Å². The van der Waals surface area contributed by atoms with Crippen LogP contribution < -0.4 is 16.2 Å². The van der Waals surface area contributed by atoms with Gasteiger partial charge in [0.2, 0.25) is 5.91 Å². The summed E-state index contributed by atoms with van der Waals surface area (Å²) in [6.07, 6.45) is 2.91. The van der Waals surface area contributed by atoms with Crippen LogP contribution in [-0.2, 0) is 9.59 Å². The Balaban J connectivity index is 1.25. The predicted octanol–water partition coefficient (Wildman–Crippen LogP) is 3.23. The van der Waals surface area contributed by atoms with E-state index in [0.717, 1.165) is 28.9 Å². The third-order valence-electron chi connectivity index (χ3n) is 6.89. The standard InChI is InChI=1S/C27H27N5O4/c1-17-8-10-18(11-9-17)22-16-20(19-6-2-3-7-21(19)28-22)24(34)31-30-23(33)12-15-32-25(35)27(29-26(32)36)13-4-5-14-27/h2-3,6-11,16H,4-5,12-15H2,1H3,(H,29,36)(H,30,33)(H,31,34). The molecular formula is C27H27N5O4. The van der Waals surface area contributed by atoms with E-state index >= 15 is 0 Å². The Labute approximate surface area is 208 Å². The third-order valence-corrected chi connectivity index (χ3v) is 6.89. The predicted molar refractivity (Wildman–Crippen MR) is 134 cm³/mol. The van der Waals surface area contributed by atoms with Crippen LogP contribution in [0.2, 0.25) is 0 Å². The monoisotopic (exact) mass is 485 g/mol. The van der Waals surface area contributed by atoms with Gasteiger partial charge in [-0.25, -0.2) is 9.78 Å². The minimum absolute atomic E-state index is 0.0517. The number of nitrogens with zero attached hydrogens (tertiary/aromatic N) is 2. The van der Waals surface area contributed by atoms with Crippen LogP contribution in [0.1, 0.15) is 48.0 Å². The van der Waals surface area contributed by atoms with Gasteiger partial charge < -0.3 is 5.32 Å². The van der Waals surface area contributed by atoms with E-state index in [1.807, 2.05) is 49.4 Å². The average Bonchev–Trinajstić information content (AvgIpc) is 3.45. The number of fused-ring (bicyclic) bond motifs is 1. The molecule has 0 radical (unpaired) electrons. The van der Waals surface area contributed by atoms with Crippen molar-refractivity contribution >= 4 is 34.7 Å². The van der Waals surface area contributed by atoms with E-state index in [9.17, 15) is 19.2 Å². The molecule has 1 aliphatic heterocycles. The molecule has 0 bridgehead atoms. The van der Waals surface area contributed by atoms with E-state index in [1.54, 1.807) is 12.1 Å². The molecule has 0 unspecified atom stereocenters. The molecule has 1 saturated heterocycles. The van der Waals surface area contributed by atoms with E-state index in [1.165, 1.54) is 0 Å². The number of nitrogens with one attached hydrogen (secondary N) is 3. The summed E-state index contributed by atoms with van der Waals surface area (Å²) < 4.78 is 0. The summed E-state index contributed by atoms with van der Waals surface area (Å²) >= 11 is 0. The number of para-hydroxylation sites is 1. The molecule has 184 valence electrons. The van der Waals surface area contributed by atoms with Crippen LogP contribution in [0.5, 0.6) is 0 Å². The van der Waals surface area contributed by atoms with E-state index in [2.05, 4.69) is 21.2 Å². The molecule has 9 nitrogen and oxygen atoms in total. The van der Waals surface area contributed by atoms with E-state index in [4.69, 9.17) is 0 Å². The molecule has 9 heteroatoms. The van der Waals surface area contributed by atoms with Crippen LogP contribution in [-0.4, -0.2) is 45.7 Å². The zero-order chi connectivity index (χ0) is 25.3. The maximum Gasteiger partial charge on any atom is 0.325 e. The van der Waals surface area contributed by atoms with Crippen molar-refractivity contribution < 1.29 is 19.2 Å². The number of hydrogen-bond donors (Lipinski definition) is 3. The van der Waals surface area contributed by atoms with Gasteiger partial charge in [-0.05, 0) is 31.9 Å². The molecule has 36 heavy (non-hydrogen) atoms. The molecule has 1 aromatic heterocycles. The number of pyridine rings is 1. The summed E-state index contributed by atoms with van der Waals surface area (Å²) in [5.74, 6) is -1.27. The number of benzene rings is 2. The van der Waals surface area contributed by atoms with Gasteiger partial charge in [0.1, 0.15) is 5.54 Å². The lowest BCUT2D eigenvalue weighted by atomic mass is 9.98. The highest BCUT2D eigenvalue weighted by atomic mass is 16.2. The molecule has 5 amide bonds. The number of aryl methyl sites for hydroxylation is 1. The molecule has 1 aliphatic carbocycles. The Morgan fingerprint density at radius 3 is 2.50 bits per heavy atom. The minimum Gasteiger partial charge on any atom is -0.323 e. The molecule has 1 saturated carbocycles. The van der Waals surface area contributed by atoms with Crippen LogP contribution >= 0.6 is 0 Å². The smallest absolute Gasteiger partial charge is 0.323 e. The van der Waals surface area contributed by atoms with E-state index < -0.39 is 23.4 Å². The second kappa shape index (κ2) is 9.41. The maximum atomic E-state index is 13.1. The summed E-state index contributed by atoms with van der Waals surface area (Å²) in [5, 5.41) is 3.45. The van der Waals surface area contributed by atoms with Crippen LogP contribution in [0.4, 0.5) is 4.79 Å². The van der Waals surface area contributed by atoms with Gasteiger partial charge in [-0.3, -0.25) is 30.1 Å². The first-order valence-corrected chi connectivity index (χ1v) is 12.1. The Hall–Kier alpha value is -4.27. The lowest BCUT2D eigenvalue weighted by Gasteiger charge is -2.19. The van der Waals surface area contributed by atoms with Gasteiger partial charge in [-0.1, -0.05) is 60.9 Å². The number of amides is 5. The lowest BCUT2D eigenvalue weighted by molar-refractivity contribution is -0.131. The first kappa shape index (κ1) is 23.5. The summed E-state index contributed by atoms with van der Waals surface area (Å²) in [6, 6.07) is 16.4. The highest BCUT2D eigenvalue weighted by Gasteiger charge is 2.52. The molecule has 2 heterocycles. The second-order valence-electron chi connectivity index (χ2n) is 9.37. The highest BCUT2D eigenvalue weighted by Crippen LogP contribution is 2.35. The van der Waals surface area contributed by atoms with Crippen molar-refractivity contribution in [3.8, 4) is 11.3 Å². The SMILES string of the molecule is Cc1ccc(-c2cc(C(=O)NNC(=O)CCN3C(=O)NC4(CCCC4)C3=O)c3ccccc3n2)cc1. The number of aromatic nitrogens is 1. The molecular weight excluding hydrogens is 458 g/mol. The fourth-order valence-corrected chi connectivity index (χ4v) is 4.90. The van der Waals surface area contributed by atoms with Gasteiger partial charge in [0.05, 0.1) is 16.8 Å². The molecule has 2 fully saturated rings. The molecule has 0 atom stereocenters. The van der Waals surface area contributed by atoms with Crippen LogP contribution in [0, 0.1) is 6.92 Å². The van der Waals surface area contributed by atoms with E-state index in [-0.39, 0.29) is 18.9 Å². The van der Waals surface area contributed by atoms with Gasteiger partial charge in [0.15, 0.2) is 0 Å². The van der Waals surface area contributed by atoms with Crippen molar-refractivity contribution in [1.82, 2.24) is 26.1 Å². The van der Waals surface area contributed by atoms with Crippen molar-refractivity contribution in [3.05, 3.63) is 65.7 Å². The van der Waals surface area contributed by atoms with Gasteiger partial charge in [-0.2, -0.15) is 0 Å². The number of rotatable bonds is 5. The van der Waals surface area contributed by atoms with Crippen LogP contribution in [0.25, 0.3) is 22.2 Å². The number of imide groups is 1. The zero-order valence-electron chi connectivity index (χ0n) is 20.0. The minimum atomic E-state index is -0.806. The average molecular weight is 486 g/mol. The topological polar surface area (TPSA) is 121 Å². The largest absolute Gasteiger partial charge is 0.325 e. The van der Waals surface area contributed by atoms with Gasteiger partial charge in [0.25, 0.3) is 11.8 Å². The molecule has 1 spiro atoms. The fourth-order valence-electron chi connectivity index (χ4n) is 4.90.